The molecule has 0 aliphatic carbocycles. The first-order chi connectivity index (χ1) is 19.0. The number of likely N-dealkylation sites (N-methyl/N-ethyl adjacent to an activating group) is 1. The van der Waals surface area contributed by atoms with Gasteiger partial charge >= 0.3 is 0 Å². The normalized spacial score (nSPS) is 14.3. The molecule has 1 unspecified atom stereocenters. The molecule has 3 N–H and O–H groups in total. The van der Waals surface area contributed by atoms with Crippen molar-refractivity contribution >= 4 is 43.8 Å². The Morgan fingerprint density at radius 1 is 1.23 bits per heavy atom. The maximum absolute atomic E-state index is 13.1. The molecule has 1 atom stereocenters. The van der Waals surface area contributed by atoms with Crippen LogP contribution < -0.4 is 10.9 Å². The van der Waals surface area contributed by atoms with Crippen molar-refractivity contribution in [1.29, 1.82) is 0 Å². The Hall–Kier alpha value is -3.48. The quantitative estimate of drug-likeness (QED) is 0.247. The average Bonchev–Trinajstić information content (AvgIpc) is 3.56. The number of H-pyrrole nitrogens is 2. The lowest BCUT2D eigenvalue weighted by Gasteiger charge is -2.21. The second-order valence-corrected chi connectivity index (χ2v) is 13.9. The number of anilines is 1. The molecule has 10 nitrogen and oxygen atoms in total. The summed E-state index contributed by atoms with van der Waals surface area (Å²) in [5, 5.41) is 5.58. The zero-order valence-electron chi connectivity index (χ0n) is 23.1. The SMILES string of the molecule is Cc1ccsc1CC(C)Nc1cc[nH]c(=O)c1-c1nc2cc3c(cc2[nH]1)C(=O)N(CCN(C)CCS(C)(=O)=O)C3. The number of hydrogen-bond acceptors (Lipinski definition) is 8. The highest BCUT2D eigenvalue weighted by Gasteiger charge is 2.29. The third-order valence-electron chi connectivity index (χ3n) is 7.24. The van der Waals surface area contributed by atoms with Crippen molar-refractivity contribution in [2.45, 2.75) is 32.9 Å². The number of carbonyl (C=O) groups excluding carboxylic acids is 1. The maximum atomic E-state index is 13.1. The van der Waals surface area contributed by atoms with Gasteiger partial charge in [0.05, 0.1) is 22.5 Å². The molecule has 0 radical (unpaired) electrons. The molecule has 4 aromatic rings. The van der Waals surface area contributed by atoms with Gasteiger partial charge in [0.1, 0.15) is 21.2 Å². The van der Waals surface area contributed by atoms with Gasteiger partial charge in [-0.1, -0.05) is 0 Å². The molecular formula is C28H34N6O4S2. The van der Waals surface area contributed by atoms with E-state index in [2.05, 4.69) is 40.6 Å². The molecule has 12 heteroatoms. The molecule has 0 saturated carbocycles. The number of thiophene rings is 1. The Morgan fingerprint density at radius 3 is 2.75 bits per heavy atom. The fourth-order valence-electron chi connectivity index (χ4n) is 4.94. The van der Waals surface area contributed by atoms with E-state index in [1.165, 1.54) is 16.7 Å². The lowest BCUT2D eigenvalue weighted by atomic mass is 10.1. The number of rotatable bonds is 11. The van der Waals surface area contributed by atoms with Crippen LogP contribution in [0.3, 0.4) is 0 Å². The molecule has 212 valence electrons. The average molecular weight is 583 g/mol. The third-order valence-corrected chi connectivity index (χ3v) is 9.21. The van der Waals surface area contributed by atoms with Gasteiger partial charge in [-0.3, -0.25) is 9.59 Å². The number of amides is 1. The van der Waals surface area contributed by atoms with Gasteiger partial charge in [0.15, 0.2) is 0 Å². The van der Waals surface area contributed by atoms with Crippen molar-refractivity contribution in [3.05, 3.63) is 67.8 Å². The predicted molar refractivity (Wildman–Crippen MR) is 160 cm³/mol. The molecule has 0 saturated heterocycles. The van der Waals surface area contributed by atoms with Gasteiger partial charge in [-0.15, -0.1) is 11.3 Å². The molecule has 0 spiro atoms. The van der Waals surface area contributed by atoms with Crippen LogP contribution in [0.1, 0.15) is 33.3 Å². The second kappa shape index (κ2) is 11.2. The molecule has 5 rings (SSSR count). The summed E-state index contributed by atoms with van der Waals surface area (Å²) in [6, 6.07) is 7.77. The second-order valence-electron chi connectivity index (χ2n) is 10.6. The van der Waals surface area contributed by atoms with Crippen LogP contribution in [0.5, 0.6) is 0 Å². The fourth-order valence-corrected chi connectivity index (χ4v) is 6.62. The minimum absolute atomic E-state index is 0.0674. The first kappa shape index (κ1) is 28.1. The molecule has 1 amide bonds. The fraction of sp³-hybridized carbons (Fsp3) is 0.393. The third kappa shape index (κ3) is 6.13. The number of fused-ring (bicyclic) bond motifs is 2. The van der Waals surface area contributed by atoms with Crippen molar-refractivity contribution in [1.82, 2.24) is 24.8 Å². The number of pyridine rings is 1. The van der Waals surface area contributed by atoms with Crippen molar-refractivity contribution in [3.63, 3.8) is 0 Å². The Balaban J connectivity index is 1.33. The number of hydrogen-bond donors (Lipinski definition) is 3. The number of aromatic nitrogens is 3. The van der Waals surface area contributed by atoms with E-state index in [0.29, 0.717) is 59.9 Å². The van der Waals surface area contributed by atoms with Gasteiger partial charge in [-0.2, -0.15) is 0 Å². The van der Waals surface area contributed by atoms with Gasteiger partial charge in [0.25, 0.3) is 11.5 Å². The Kier molecular flexibility index (Phi) is 7.85. The number of benzene rings is 1. The Labute approximate surface area is 237 Å². The van der Waals surface area contributed by atoms with E-state index in [1.807, 2.05) is 30.1 Å². The number of nitrogens with one attached hydrogen (secondary N) is 3. The summed E-state index contributed by atoms with van der Waals surface area (Å²) >= 11 is 1.73. The Morgan fingerprint density at radius 2 is 2.02 bits per heavy atom. The van der Waals surface area contributed by atoms with Crippen molar-refractivity contribution in [3.8, 4) is 11.4 Å². The maximum Gasteiger partial charge on any atom is 0.261 e. The Bertz CT molecular complexity index is 1720. The smallest absolute Gasteiger partial charge is 0.261 e. The largest absolute Gasteiger partial charge is 0.381 e. The summed E-state index contributed by atoms with van der Waals surface area (Å²) in [6.45, 7) is 6.15. The minimum Gasteiger partial charge on any atom is -0.381 e. The summed E-state index contributed by atoms with van der Waals surface area (Å²) in [6.07, 6.45) is 3.69. The number of aryl methyl sites for hydroxylation is 1. The first-order valence-electron chi connectivity index (χ1n) is 13.2. The summed E-state index contributed by atoms with van der Waals surface area (Å²) in [5.74, 6) is 0.465. The topological polar surface area (TPSA) is 131 Å². The van der Waals surface area contributed by atoms with Crippen LogP contribution in [0.2, 0.25) is 0 Å². The van der Waals surface area contributed by atoms with Crippen molar-refractivity contribution in [2.24, 2.45) is 0 Å². The monoisotopic (exact) mass is 582 g/mol. The van der Waals surface area contributed by atoms with Gasteiger partial charge in [-0.25, -0.2) is 13.4 Å². The minimum atomic E-state index is -3.03. The van der Waals surface area contributed by atoms with Crippen molar-refractivity contribution < 1.29 is 13.2 Å². The van der Waals surface area contributed by atoms with E-state index >= 15 is 0 Å². The highest BCUT2D eigenvalue weighted by Crippen LogP contribution is 2.30. The highest BCUT2D eigenvalue weighted by molar-refractivity contribution is 7.90. The summed E-state index contributed by atoms with van der Waals surface area (Å²) in [7, 11) is -1.18. The number of sulfone groups is 1. The van der Waals surface area contributed by atoms with Crippen molar-refractivity contribution in [2.75, 3.05) is 44.0 Å². The standard InChI is InChI=1S/C28H34N6O4S2/c1-17-6-11-39-24(17)13-18(2)30-21-5-7-29-27(35)25(21)26-31-22-14-19-16-34(28(36)20(19)15-23(22)32-26)9-8-33(3)10-12-40(4,37)38/h5-7,11,14-15,18H,8-10,12-13,16H2,1-4H3,(H,31,32)(H2,29,30,35). The van der Waals surface area contributed by atoms with E-state index in [4.69, 9.17) is 4.98 Å². The van der Waals surface area contributed by atoms with Crippen LogP contribution >= 0.6 is 11.3 Å². The van der Waals surface area contributed by atoms with E-state index in [9.17, 15) is 18.0 Å². The summed E-state index contributed by atoms with van der Waals surface area (Å²) < 4.78 is 22.9. The molecule has 0 bridgehead atoms. The van der Waals surface area contributed by atoms with Gasteiger partial charge in [0, 0.05) is 61.5 Å². The van der Waals surface area contributed by atoms with E-state index < -0.39 is 9.84 Å². The van der Waals surface area contributed by atoms with E-state index in [-0.39, 0.29) is 23.3 Å². The molecule has 4 heterocycles. The molecule has 3 aromatic heterocycles. The van der Waals surface area contributed by atoms with Crippen LogP contribution in [-0.2, 0) is 22.8 Å². The molecular weight excluding hydrogens is 548 g/mol. The van der Waals surface area contributed by atoms with E-state index in [1.54, 1.807) is 22.4 Å². The zero-order valence-corrected chi connectivity index (χ0v) is 24.7. The zero-order chi connectivity index (χ0) is 28.6. The van der Waals surface area contributed by atoms with Crippen LogP contribution in [0.15, 0.2) is 40.6 Å². The van der Waals surface area contributed by atoms with Crippen LogP contribution in [0.4, 0.5) is 5.69 Å². The van der Waals surface area contributed by atoms with Crippen LogP contribution in [0.25, 0.3) is 22.4 Å². The van der Waals surface area contributed by atoms with Gasteiger partial charge < -0.3 is 25.1 Å². The molecule has 40 heavy (non-hydrogen) atoms. The lowest BCUT2D eigenvalue weighted by Crippen LogP contribution is -2.35. The molecule has 1 aliphatic rings. The van der Waals surface area contributed by atoms with Crippen LogP contribution in [-0.4, -0.2) is 83.8 Å². The first-order valence-corrected chi connectivity index (χ1v) is 16.1. The molecule has 0 fully saturated rings. The number of imidazole rings is 1. The predicted octanol–water partition coefficient (Wildman–Crippen LogP) is 3.26. The van der Waals surface area contributed by atoms with Gasteiger partial charge in [-0.05, 0) is 61.7 Å². The summed E-state index contributed by atoms with van der Waals surface area (Å²) in [4.78, 5) is 41.8. The number of aromatic amines is 2. The number of nitrogens with zero attached hydrogens (tertiary/aromatic N) is 3. The van der Waals surface area contributed by atoms with Gasteiger partial charge in [0.2, 0.25) is 0 Å². The van der Waals surface area contributed by atoms with Crippen LogP contribution in [0, 0.1) is 6.92 Å². The number of carbonyl (C=O) groups is 1. The van der Waals surface area contributed by atoms with E-state index in [0.717, 1.165) is 12.0 Å². The summed E-state index contributed by atoms with van der Waals surface area (Å²) in [5.41, 5.74) is 5.01. The molecule has 1 aliphatic heterocycles. The lowest BCUT2D eigenvalue weighted by molar-refractivity contribution is 0.0765. The highest BCUT2D eigenvalue weighted by atomic mass is 32.2. The molecule has 1 aromatic carbocycles.